The van der Waals surface area contributed by atoms with E-state index < -0.39 is 0 Å². The number of nitrogens with zero attached hydrogens (tertiary/aromatic N) is 7. The Labute approximate surface area is 500 Å². The number of pyridine rings is 1. The fourth-order valence-corrected chi connectivity index (χ4v) is 11.9. The van der Waals surface area contributed by atoms with Gasteiger partial charge in [0.05, 0.1) is 39.1 Å². The van der Waals surface area contributed by atoms with Crippen LogP contribution in [0.5, 0.6) is 0 Å². The van der Waals surface area contributed by atoms with Gasteiger partial charge in [-0.2, -0.15) is 0 Å². The molecule has 0 aliphatic heterocycles. The van der Waals surface area contributed by atoms with E-state index in [2.05, 4.69) is 278 Å². The molecular formula is C78H73N7. The summed E-state index contributed by atoms with van der Waals surface area (Å²) in [4.78, 5) is 22.0. The van der Waals surface area contributed by atoms with Crippen molar-refractivity contribution < 1.29 is 0 Å². The van der Waals surface area contributed by atoms with Crippen molar-refractivity contribution in [3.05, 3.63) is 247 Å². The predicted molar refractivity (Wildman–Crippen MR) is 358 cm³/mol. The van der Waals surface area contributed by atoms with Gasteiger partial charge >= 0.3 is 0 Å². The Bertz CT molecular complexity index is 4270. The van der Waals surface area contributed by atoms with Crippen molar-refractivity contribution in [3.63, 3.8) is 0 Å². The Morgan fingerprint density at radius 1 is 0.282 bits per heavy atom. The molecule has 0 N–H and O–H groups in total. The van der Waals surface area contributed by atoms with Gasteiger partial charge in [-0.25, -0.2) is 15.0 Å². The lowest BCUT2D eigenvalue weighted by molar-refractivity contribution is 0.590. The van der Waals surface area contributed by atoms with Crippen LogP contribution in [0.25, 0.3) is 100 Å². The third-order valence-electron chi connectivity index (χ3n) is 16.9. The molecule has 0 aliphatic rings. The highest BCUT2D eigenvalue weighted by molar-refractivity contribution is 6.11. The number of rotatable bonds is 9. The van der Waals surface area contributed by atoms with Gasteiger partial charge in [0.15, 0.2) is 17.5 Å². The lowest BCUT2D eigenvalue weighted by atomic mass is 9.85. The van der Waals surface area contributed by atoms with Gasteiger partial charge in [0.25, 0.3) is 0 Å². The summed E-state index contributed by atoms with van der Waals surface area (Å²) in [5, 5.41) is 4.96. The molecule has 420 valence electrons. The SMILES string of the molecule is CC(C)(C)c1ccc2c(c1)c1cc(C(C)(C)C)ccc1n2-c1cc(N(c2ccc(-c3ccncc3)cc2)c2ccc(-c3nc(-c4ccccc4)nc(-c4ccccc4)n3)cc2)cc(-n2c3ccc(C(C)(C)C)cc3c3cc(C(C)(C)C)ccc32)c1. The number of hydrogen-bond acceptors (Lipinski definition) is 5. The van der Waals surface area contributed by atoms with Crippen molar-refractivity contribution in [3.8, 4) is 56.7 Å². The summed E-state index contributed by atoms with van der Waals surface area (Å²) in [5.74, 6) is 1.85. The van der Waals surface area contributed by atoms with Crippen LogP contribution in [0, 0.1) is 0 Å². The van der Waals surface area contributed by atoms with E-state index in [9.17, 15) is 0 Å². The van der Waals surface area contributed by atoms with Crippen LogP contribution in [0.15, 0.2) is 225 Å². The van der Waals surface area contributed by atoms with Crippen LogP contribution in [-0.2, 0) is 21.7 Å². The maximum absolute atomic E-state index is 5.14. The molecule has 9 aromatic carbocycles. The molecule has 0 unspecified atom stereocenters. The topological polar surface area (TPSA) is 64.7 Å². The van der Waals surface area contributed by atoms with Crippen LogP contribution in [0.3, 0.4) is 0 Å². The molecule has 4 aromatic heterocycles. The Morgan fingerprint density at radius 3 is 0.918 bits per heavy atom. The summed E-state index contributed by atoms with van der Waals surface area (Å²) < 4.78 is 5.01. The van der Waals surface area contributed by atoms with Gasteiger partial charge < -0.3 is 14.0 Å². The van der Waals surface area contributed by atoms with Crippen LogP contribution in [0.4, 0.5) is 17.1 Å². The van der Waals surface area contributed by atoms with E-state index >= 15 is 0 Å². The second-order valence-corrected chi connectivity index (χ2v) is 27.0. The van der Waals surface area contributed by atoms with Gasteiger partial charge in [0, 0.05) is 62.0 Å². The van der Waals surface area contributed by atoms with Crippen LogP contribution >= 0.6 is 0 Å². The minimum atomic E-state index is -0.0471. The molecular weight excluding hydrogens is 1030 g/mol. The highest BCUT2D eigenvalue weighted by atomic mass is 15.2. The Hall–Kier alpha value is -9.46. The molecule has 0 saturated heterocycles. The summed E-state index contributed by atoms with van der Waals surface area (Å²) in [6.45, 7) is 27.7. The van der Waals surface area contributed by atoms with Crippen molar-refractivity contribution in [1.29, 1.82) is 0 Å². The summed E-state index contributed by atoms with van der Waals surface area (Å²) in [7, 11) is 0. The first-order chi connectivity index (χ1) is 40.6. The maximum atomic E-state index is 5.14. The molecule has 0 bridgehead atoms. The molecule has 0 amide bonds. The highest BCUT2D eigenvalue weighted by Crippen LogP contribution is 2.45. The Kier molecular flexibility index (Phi) is 13.3. The lowest BCUT2D eigenvalue weighted by Crippen LogP contribution is -2.12. The largest absolute Gasteiger partial charge is 0.310 e. The summed E-state index contributed by atoms with van der Waals surface area (Å²) in [6, 6.07) is 77.7. The smallest absolute Gasteiger partial charge is 0.164 e. The average Bonchev–Trinajstić information content (AvgIpc) is 1.87. The minimum absolute atomic E-state index is 0.0471. The second kappa shape index (κ2) is 20.7. The van der Waals surface area contributed by atoms with Crippen LogP contribution in [0.2, 0.25) is 0 Å². The number of aromatic nitrogens is 6. The van der Waals surface area contributed by atoms with Gasteiger partial charge in [0.1, 0.15) is 0 Å². The monoisotopic (exact) mass is 1110 g/mol. The van der Waals surface area contributed by atoms with Crippen LogP contribution in [-0.4, -0.2) is 29.1 Å². The third-order valence-corrected chi connectivity index (χ3v) is 16.9. The quantitative estimate of drug-likeness (QED) is 0.144. The minimum Gasteiger partial charge on any atom is -0.310 e. The fraction of sp³-hybridized carbons (Fsp3) is 0.205. The Morgan fingerprint density at radius 2 is 0.588 bits per heavy atom. The van der Waals surface area contributed by atoms with E-state index in [-0.39, 0.29) is 21.7 Å². The van der Waals surface area contributed by atoms with E-state index in [4.69, 9.17) is 15.0 Å². The molecule has 0 atom stereocenters. The first-order valence-corrected chi connectivity index (χ1v) is 29.8. The maximum Gasteiger partial charge on any atom is 0.164 e. The normalized spacial score (nSPS) is 12.5. The van der Waals surface area contributed by atoms with Crippen LogP contribution < -0.4 is 4.90 Å². The zero-order valence-electron chi connectivity index (χ0n) is 51.0. The Balaban J connectivity index is 1.09. The first kappa shape index (κ1) is 54.8. The first-order valence-electron chi connectivity index (χ1n) is 29.8. The lowest BCUT2D eigenvalue weighted by Gasteiger charge is -2.28. The molecule has 4 heterocycles. The van der Waals surface area contributed by atoms with Gasteiger partial charge in [-0.1, -0.05) is 180 Å². The molecule has 0 spiro atoms. The van der Waals surface area contributed by atoms with E-state index in [0.717, 1.165) is 78.3 Å². The molecule has 7 nitrogen and oxygen atoms in total. The van der Waals surface area contributed by atoms with Crippen LogP contribution in [0.1, 0.15) is 105 Å². The molecule has 0 saturated carbocycles. The highest BCUT2D eigenvalue weighted by Gasteiger charge is 2.26. The fourth-order valence-electron chi connectivity index (χ4n) is 11.9. The second-order valence-electron chi connectivity index (χ2n) is 27.0. The molecule has 0 aliphatic carbocycles. The zero-order valence-corrected chi connectivity index (χ0v) is 51.0. The van der Waals surface area contributed by atoms with E-state index in [0.29, 0.717) is 17.5 Å². The van der Waals surface area contributed by atoms with Crippen molar-refractivity contribution in [2.24, 2.45) is 0 Å². The van der Waals surface area contributed by atoms with E-state index in [1.54, 1.807) is 0 Å². The summed E-state index contributed by atoms with van der Waals surface area (Å²) in [6.07, 6.45) is 3.71. The van der Waals surface area contributed by atoms with Crippen molar-refractivity contribution in [2.75, 3.05) is 4.90 Å². The molecule has 0 radical (unpaired) electrons. The van der Waals surface area contributed by atoms with Gasteiger partial charge in [0.2, 0.25) is 0 Å². The van der Waals surface area contributed by atoms with Crippen molar-refractivity contribution in [1.82, 2.24) is 29.1 Å². The van der Waals surface area contributed by atoms with Gasteiger partial charge in [-0.05, 0) is 170 Å². The number of hydrogen-bond donors (Lipinski definition) is 0. The number of anilines is 3. The number of benzene rings is 9. The van der Waals surface area contributed by atoms with Crippen molar-refractivity contribution in [2.45, 2.75) is 105 Å². The summed E-state index contributed by atoms with van der Waals surface area (Å²) in [5.41, 5.74) is 19.7. The average molecular weight is 1110 g/mol. The molecule has 0 fully saturated rings. The summed E-state index contributed by atoms with van der Waals surface area (Å²) >= 11 is 0. The predicted octanol–water partition coefficient (Wildman–Crippen LogP) is 20.8. The third kappa shape index (κ3) is 10.4. The standard InChI is InChI=1S/C78H73N7/c1-75(2,3)55-27-35-68-64(43-55)65-44-56(76(4,5)6)28-36-69(65)84(68)62-47-61(48-63(49-62)85-70-37-29-57(77(7,8)9)45-66(70)67-46-58(78(10,11)12)30-38-71(67)85)83(59-31-23-50(24-32-59)51-39-41-79-42-40-51)60-33-25-54(26-34-60)74-81-72(52-19-15-13-16-20-52)80-73(82-74)53-21-17-14-18-22-53/h13-49H,1-12H3. The zero-order chi connectivity index (χ0) is 59.2. The van der Waals surface area contributed by atoms with E-state index in [1.165, 1.54) is 43.8 Å². The van der Waals surface area contributed by atoms with E-state index in [1.807, 2.05) is 48.8 Å². The molecule has 7 heteroatoms. The molecule has 85 heavy (non-hydrogen) atoms. The van der Waals surface area contributed by atoms with Gasteiger partial charge in [-0.3, -0.25) is 4.98 Å². The molecule has 13 rings (SSSR count). The van der Waals surface area contributed by atoms with Gasteiger partial charge in [-0.15, -0.1) is 0 Å². The van der Waals surface area contributed by atoms with Crippen molar-refractivity contribution >= 4 is 60.7 Å². The number of fused-ring (bicyclic) bond motifs is 6. The molecule has 13 aromatic rings.